The van der Waals surface area contributed by atoms with Crippen molar-refractivity contribution in [2.75, 3.05) is 13.1 Å². The van der Waals surface area contributed by atoms with Crippen LogP contribution in [0, 0.1) is 11.8 Å². The average molecular weight is 228 g/mol. The quantitative estimate of drug-likeness (QED) is 0.584. The molecule has 0 aromatic heterocycles. The Morgan fingerprint density at radius 2 is 2.31 bits per heavy atom. The van der Waals surface area contributed by atoms with Crippen LogP contribution in [0.1, 0.15) is 39.0 Å². The number of hydrogen-bond acceptors (Lipinski definition) is 3. The van der Waals surface area contributed by atoms with Gasteiger partial charge < -0.3 is 16.2 Å². The first-order valence-corrected chi connectivity index (χ1v) is 6.31. The highest BCUT2D eigenvalue weighted by Crippen LogP contribution is 2.30. The third kappa shape index (κ3) is 4.10. The number of nitrogens with two attached hydrogens (primary N) is 1. The highest BCUT2D eigenvalue weighted by molar-refractivity contribution is 5.79. The summed E-state index contributed by atoms with van der Waals surface area (Å²) >= 11 is 0. The van der Waals surface area contributed by atoms with E-state index in [9.17, 15) is 4.79 Å². The Morgan fingerprint density at radius 1 is 1.56 bits per heavy atom. The zero-order valence-corrected chi connectivity index (χ0v) is 10.1. The van der Waals surface area contributed by atoms with Gasteiger partial charge in [-0.1, -0.05) is 6.42 Å². The first-order valence-electron chi connectivity index (χ1n) is 6.31. The minimum atomic E-state index is -0.278. The Labute approximate surface area is 97.6 Å². The van der Waals surface area contributed by atoms with Gasteiger partial charge >= 0.3 is 0 Å². The number of aliphatic hydroxyl groups is 1. The van der Waals surface area contributed by atoms with Gasteiger partial charge in [0.2, 0.25) is 5.91 Å². The van der Waals surface area contributed by atoms with Gasteiger partial charge in [0.15, 0.2) is 0 Å². The van der Waals surface area contributed by atoms with E-state index in [-0.39, 0.29) is 17.9 Å². The van der Waals surface area contributed by atoms with E-state index in [2.05, 4.69) is 5.32 Å². The smallest absolute Gasteiger partial charge is 0.223 e. The van der Waals surface area contributed by atoms with Crippen molar-refractivity contribution in [3.05, 3.63) is 0 Å². The lowest BCUT2D eigenvalue weighted by Gasteiger charge is -2.17. The largest absolute Gasteiger partial charge is 0.393 e. The summed E-state index contributed by atoms with van der Waals surface area (Å²) in [5, 5.41) is 12.0. The van der Waals surface area contributed by atoms with Gasteiger partial charge in [0.05, 0.1) is 6.10 Å². The molecule has 1 saturated carbocycles. The fourth-order valence-electron chi connectivity index (χ4n) is 2.40. The molecule has 0 aliphatic heterocycles. The van der Waals surface area contributed by atoms with Gasteiger partial charge in [-0.3, -0.25) is 4.79 Å². The molecule has 3 atom stereocenters. The summed E-state index contributed by atoms with van der Waals surface area (Å²) in [5.74, 6) is 0.645. The van der Waals surface area contributed by atoms with E-state index in [1.807, 2.05) is 0 Å². The van der Waals surface area contributed by atoms with Crippen molar-refractivity contribution in [3.63, 3.8) is 0 Å². The van der Waals surface area contributed by atoms with Crippen LogP contribution in [-0.4, -0.2) is 30.2 Å². The molecule has 4 heteroatoms. The zero-order chi connectivity index (χ0) is 12.0. The molecule has 94 valence electrons. The van der Waals surface area contributed by atoms with Gasteiger partial charge in [0, 0.05) is 12.5 Å². The third-order valence-corrected chi connectivity index (χ3v) is 3.40. The van der Waals surface area contributed by atoms with E-state index in [1.54, 1.807) is 6.92 Å². The predicted molar refractivity (Wildman–Crippen MR) is 63.8 cm³/mol. The Morgan fingerprint density at radius 3 is 2.94 bits per heavy atom. The van der Waals surface area contributed by atoms with E-state index >= 15 is 0 Å². The summed E-state index contributed by atoms with van der Waals surface area (Å²) in [4.78, 5) is 11.8. The predicted octanol–water partition coefficient (Wildman–Crippen LogP) is 0.639. The van der Waals surface area contributed by atoms with Gasteiger partial charge in [0.1, 0.15) is 0 Å². The zero-order valence-electron chi connectivity index (χ0n) is 10.1. The molecule has 3 unspecified atom stereocenters. The van der Waals surface area contributed by atoms with Crippen molar-refractivity contribution in [2.24, 2.45) is 17.6 Å². The second-order valence-electron chi connectivity index (χ2n) is 4.82. The maximum Gasteiger partial charge on any atom is 0.223 e. The van der Waals surface area contributed by atoms with Crippen molar-refractivity contribution in [2.45, 2.75) is 45.1 Å². The molecule has 0 spiro atoms. The van der Waals surface area contributed by atoms with Crippen molar-refractivity contribution < 1.29 is 9.90 Å². The Kier molecular flexibility index (Phi) is 5.77. The van der Waals surface area contributed by atoms with Gasteiger partial charge in [0.25, 0.3) is 0 Å². The Hall–Kier alpha value is -0.610. The van der Waals surface area contributed by atoms with Crippen molar-refractivity contribution >= 4 is 5.91 Å². The van der Waals surface area contributed by atoms with Gasteiger partial charge in [-0.25, -0.2) is 0 Å². The molecule has 1 rings (SSSR count). The average Bonchev–Trinajstić information content (AvgIpc) is 2.71. The molecule has 1 fully saturated rings. The van der Waals surface area contributed by atoms with E-state index in [0.29, 0.717) is 19.0 Å². The number of rotatable bonds is 6. The first-order chi connectivity index (χ1) is 7.65. The van der Waals surface area contributed by atoms with Crippen LogP contribution < -0.4 is 11.1 Å². The van der Waals surface area contributed by atoms with Crippen LogP contribution in [0.5, 0.6) is 0 Å². The number of carbonyl (C=O) groups is 1. The number of amides is 1. The number of nitrogens with one attached hydrogen (secondary N) is 1. The fraction of sp³-hybridized carbons (Fsp3) is 0.917. The molecule has 0 aromatic carbocycles. The van der Waals surface area contributed by atoms with Crippen LogP contribution in [0.25, 0.3) is 0 Å². The van der Waals surface area contributed by atoms with Crippen molar-refractivity contribution in [1.29, 1.82) is 0 Å². The second kappa shape index (κ2) is 6.86. The lowest BCUT2D eigenvalue weighted by atomic mass is 9.95. The van der Waals surface area contributed by atoms with Crippen LogP contribution in [0.15, 0.2) is 0 Å². The van der Waals surface area contributed by atoms with Crippen LogP contribution in [0.3, 0.4) is 0 Å². The molecule has 4 N–H and O–H groups in total. The highest BCUT2D eigenvalue weighted by atomic mass is 16.3. The molecule has 0 aromatic rings. The Balaban J connectivity index is 2.19. The summed E-state index contributed by atoms with van der Waals surface area (Å²) < 4.78 is 0. The molecule has 1 aliphatic carbocycles. The SMILES string of the molecule is CC(O)CCCNC(=O)C1CCCC1CN. The molecule has 16 heavy (non-hydrogen) atoms. The summed E-state index contributed by atoms with van der Waals surface area (Å²) in [7, 11) is 0. The molecule has 0 heterocycles. The lowest BCUT2D eigenvalue weighted by molar-refractivity contribution is -0.125. The van der Waals surface area contributed by atoms with Crippen molar-refractivity contribution in [3.8, 4) is 0 Å². The summed E-state index contributed by atoms with van der Waals surface area (Å²) in [6.45, 7) is 3.05. The molecule has 0 bridgehead atoms. The van der Waals surface area contributed by atoms with Crippen LogP contribution in [-0.2, 0) is 4.79 Å². The normalized spacial score (nSPS) is 26.7. The molecule has 1 aliphatic rings. The summed E-state index contributed by atoms with van der Waals surface area (Å²) in [5.41, 5.74) is 5.64. The molecular formula is C12H24N2O2. The maximum atomic E-state index is 11.8. The minimum Gasteiger partial charge on any atom is -0.393 e. The van der Waals surface area contributed by atoms with Gasteiger partial charge in [-0.15, -0.1) is 0 Å². The number of aliphatic hydroxyl groups excluding tert-OH is 1. The lowest BCUT2D eigenvalue weighted by Crippen LogP contribution is -2.35. The van der Waals surface area contributed by atoms with Crippen molar-refractivity contribution in [1.82, 2.24) is 5.32 Å². The van der Waals surface area contributed by atoms with E-state index in [4.69, 9.17) is 10.8 Å². The van der Waals surface area contributed by atoms with E-state index in [0.717, 1.165) is 32.1 Å². The topological polar surface area (TPSA) is 75.3 Å². The first kappa shape index (κ1) is 13.5. The number of carbonyl (C=O) groups excluding carboxylic acids is 1. The second-order valence-corrected chi connectivity index (χ2v) is 4.82. The van der Waals surface area contributed by atoms with Crippen LogP contribution in [0.2, 0.25) is 0 Å². The molecular weight excluding hydrogens is 204 g/mol. The van der Waals surface area contributed by atoms with E-state index < -0.39 is 0 Å². The number of hydrogen-bond donors (Lipinski definition) is 3. The van der Waals surface area contributed by atoms with Crippen LogP contribution >= 0.6 is 0 Å². The minimum absolute atomic E-state index is 0.122. The highest BCUT2D eigenvalue weighted by Gasteiger charge is 2.31. The molecule has 4 nitrogen and oxygen atoms in total. The summed E-state index contributed by atoms with van der Waals surface area (Å²) in [6, 6.07) is 0. The molecule has 0 radical (unpaired) electrons. The molecule has 1 amide bonds. The monoisotopic (exact) mass is 228 g/mol. The fourth-order valence-corrected chi connectivity index (χ4v) is 2.40. The molecule has 0 saturated heterocycles. The maximum absolute atomic E-state index is 11.8. The summed E-state index contributed by atoms with van der Waals surface area (Å²) in [6.07, 6.45) is 4.48. The van der Waals surface area contributed by atoms with E-state index in [1.165, 1.54) is 0 Å². The van der Waals surface area contributed by atoms with Crippen LogP contribution in [0.4, 0.5) is 0 Å². The standard InChI is InChI=1S/C12H24N2O2/c1-9(15)4-3-7-14-12(16)11-6-2-5-10(11)8-13/h9-11,15H,2-8,13H2,1H3,(H,14,16). The van der Waals surface area contributed by atoms with Gasteiger partial charge in [-0.2, -0.15) is 0 Å². The third-order valence-electron chi connectivity index (χ3n) is 3.40. The van der Waals surface area contributed by atoms with Gasteiger partial charge in [-0.05, 0) is 45.1 Å². The Bertz CT molecular complexity index is 219.